The normalized spacial score (nSPS) is 12.3. The molecule has 0 bridgehead atoms. The summed E-state index contributed by atoms with van der Waals surface area (Å²) < 4.78 is 18.9. The molecule has 2 heterocycles. The average Bonchev–Trinajstić information content (AvgIpc) is 3.54. The number of hydrogen-bond acceptors (Lipinski definition) is 2. The molecular weight excluding hydrogens is 591 g/mol. The number of imidazole rings is 1. The molecule has 0 aliphatic carbocycles. The number of para-hydroxylation sites is 2. The first-order chi connectivity index (χ1) is 23.2. The van der Waals surface area contributed by atoms with Crippen molar-refractivity contribution in [1.29, 1.82) is 0 Å². The van der Waals surface area contributed by atoms with E-state index in [4.69, 9.17) is 4.98 Å². The molecule has 0 saturated heterocycles. The highest BCUT2D eigenvalue weighted by Gasteiger charge is 2.33. The van der Waals surface area contributed by atoms with Crippen LogP contribution >= 0.6 is 7.14 Å². The van der Waals surface area contributed by atoms with Gasteiger partial charge in [-0.05, 0) is 68.7 Å². The van der Waals surface area contributed by atoms with Crippen LogP contribution in [0.4, 0.5) is 0 Å². The van der Waals surface area contributed by atoms with Crippen LogP contribution in [0.15, 0.2) is 164 Å². The molecule has 0 aliphatic heterocycles. The van der Waals surface area contributed by atoms with Gasteiger partial charge in [0, 0.05) is 32.1 Å². The van der Waals surface area contributed by atoms with Gasteiger partial charge in [0.05, 0.1) is 16.6 Å². The highest BCUT2D eigenvalue weighted by atomic mass is 31.2. The Balaban J connectivity index is 1.44. The molecule has 10 aromatic rings. The number of hydrogen-bond donors (Lipinski definition) is 0. The summed E-state index contributed by atoms with van der Waals surface area (Å²) in [6, 6.07) is 56.7. The van der Waals surface area contributed by atoms with E-state index in [-0.39, 0.29) is 0 Å². The zero-order valence-electron chi connectivity index (χ0n) is 25.3. The Morgan fingerprint density at radius 2 is 1.02 bits per heavy atom. The molecule has 10 rings (SSSR count). The van der Waals surface area contributed by atoms with Crippen LogP contribution in [0.3, 0.4) is 0 Å². The molecule has 0 N–H and O–H groups in total. The standard InChI is InChI=1S/C43H27N2OP/c46-47(33-23-20-28-10-1-3-13-31(28)26-33,34-24-21-29-11-2-4-14-32(29)27-34)40-19-9-18-39-42(40)41-35-15-6-5-12-30(35)22-25-36(41)43-44-37-16-7-8-17-38(37)45(39)43/h1-27H. The van der Waals surface area contributed by atoms with Gasteiger partial charge in [0.1, 0.15) is 5.65 Å². The summed E-state index contributed by atoms with van der Waals surface area (Å²) in [4.78, 5) is 5.17. The fourth-order valence-corrected chi connectivity index (χ4v) is 10.5. The Hall–Kier alpha value is -5.76. The van der Waals surface area contributed by atoms with Gasteiger partial charge >= 0.3 is 0 Å². The molecule has 0 radical (unpaired) electrons. The zero-order chi connectivity index (χ0) is 31.1. The largest absolute Gasteiger partial charge is 0.309 e. The van der Waals surface area contributed by atoms with Gasteiger partial charge in [0.2, 0.25) is 0 Å². The molecule has 4 heteroatoms. The van der Waals surface area contributed by atoms with E-state index in [2.05, 4.69) is 138 Å². The van der Waals surface area contributed by atoms with Gasteiger partial charge in [0.25, 0.3) is 0 Å². The lowest BCUT2D eigenvalue weighted by atomic mass is 9.99. The first kappa shape index (κ1) is 26.5. The number of fused-ring (bicyclic) bond motifs is 12. The van der Waals surface area contributed by atoms with Crippen LogP contribution in [0.25, 0.3) is 70.7 Å². The van der Waals surface area contributed by atoms with E-state index in [1.807, 2.05) is 30.3 Å². The predicted octanol–water partition coefficient (Wildman–Crippen LogP) is 9.89. The lowest BCUT2D eigenvalue weighted by molar-refractivity contribution is 0.592. The maximum absolute atomic E-state index is 16.6. The van der Waals surface area contributed by atoms with E-state index >= 15 is 4.57 Å². The molecule has 220 valence electrons. The maximum Gasteiger partial charge on any atom is 0.171 e. The van der Waals surface area contributed by atoms with Gasteiger partial charge in [-0.1, -0.05) is 127 Å². The highest BCUT2D eigenvalue weighted by Crippen LogP contribution is 2.48. The summed E-state index contributed by atoms with van der Waals surface area (Å²) in [5.41, 5.74) is 3.87. The van der Waals surface area contributed by atoms with Crippen LogP contribution in [0, 0.1) is 0 Å². The smallest absolute Gasteiger partial charge is 0.171 e. The minimum atomic E-state index is -3.47. The summed E-state index contributed by atoms with van der Waals surface area (Å²) in [5.74, 6) is 0. The van der Waals surface area contributed by atoms with Crippen molar-refractivity contribution in [3.63, 3.8) is 0 Å². The van der Waals surface area contributed by atoms with E-state index in [1.54, 1.807) is 0 Å². The third-order valence-corrected chi connectivity index (χ3v) is 12.8. The first-order valence-electron chi connectivity index (χ1n) is 15.9. The minimum Gasteiger partial charge on any atom is -0.309 e. The van der Waals surface area contributed by atoms with E-state index < -0.39 is 7.14 Å². The van der Waals surface area contributed by atoms with Gasteiger partial charge < -0.3 is 4.57 Å². The highest BCUT2D eigenvalue weighted by molar-refractivity contribution is 7.85. The second kappa shape index (κ2) is 9.87. The van der Waals surface area contributed by atoms with Crippen molar-refractivity contribution in [3.8, 4) is 0 Å². The fraction of sp³-hybridized carbons (Fsp3) is 0. The van der Waals surface area contributed by atoms with Crippen molar-refractivity contribution in [2.45, 2.75) is 0 Å². The van der Waals surface area contributed by atoms with Gasteiger partial charge in [-0.3, -0.25) is 4.40 Å². The van der Waals surface area contributed by atoms with Crippen molar-refractivity contribution in [1.82, 2.24) is 9.38 Å². The predicted molar refractivity (Wildman–Crippen MR) is 200 cm³/mol. The average molecular weight is 619 g/mol. The van der Waals surface area contributed by atoms with Crippen LogP contribution in [0.2, 0.25) is 0 Å². The molecule has 2 aromatic heterocycles. The number of pyridine rings is 1. The Morgan fingerprint density at radius 3 is 1.74 bits per heavy atom. The lowest BCUT2D eigenvalue weighted by Crippen LogP contribution is -2.26. The molecule has 0 aliphatic rings. The molecule has 0 amide bonds. The molecule has 0 atom stereocenters. The second-order valence-electron chi connectivity index (χ2n) is 12.3. The van der Waals surface area contributed by atoms with Gasteiger partial charge in [0.15, 0.2) is 7.14 Å². The summed E-state index contributed by atoms with van der Waals surface area (Å²) in [5, 5.41) is 12.3. The number of nitrogens with zero attached hydrogens (tertiary/aromatic N) is 2. The zero-order valence-corrected chi connectivity index (χ0v) is 26.2. The van der Waals surface area contributed by atoms with E-state index in [0.717, 1.165) is 86.6 Å². The Kier molecular flexibility index (Phi) is 5.55. The summed E-state index contributed by atoms with van der Waals surface area (Å²) >= 11 is 0. The monoisotopic (exact) mass is 618 g/mol. The Morgan fingerprint density at radius 1 is 0.447 bits per heavy atom. The van der Waals surface area contributed by atoms with E-state index in [1.165, 1.54) is 0 Å². The number of rotatable bonds is 3. The SMILES string of the molecule is O=P(c1ccc2ccccc2c1)(c1ccc2ccccc2c1)c1cccc2c1c1c3ccccc3ccc1c1nc3ccccc3n21. The summed E-state index contributed by atoms with van der Waals surface area (Å²) in [6.45, 7) is 0. The fourth-order valence-electron chi connectivity index (χ4n) is 7.58. The van der Waals surface area contributed by atoms with E-state index in [9.17, 15) is 0 Å². The molecule has 3 nitrogen and oxygen atoms in total. The molecule has 8 aromatic carbocycles. The third kappa shape index (κ3) is 3.75. The van der Waals surface area contributed by atoms with Gasteiger partial charge in [-0.2, -0.15) is 0 Å². The molecule has 0 unspecified atom stereocenters. The van der Waals surface area contributed by atoms with Crippen LogP contribution in [0.1, 0.15) is 0 Å². The molecule has 0 saturated carbocycles. The molecule has 47 heavy (non-hydrogen) atoms. The van der Waals surface area contributed by atoms with Crippen molar-refractivity contribution in [2.24, 2.45) is 0 Å². The Labute approximate surface area is 270 Å². The van der Waals surface area contributed by atoms with Gasteiger partial charge in [-0.15, -0.1) is 0 Å². The van der Waals surface area contributed by atoms with Crippen molar-refractivity contribution < 1.29 is 4.57 Å². The first-order valence-corrected chi connectivity index (χ1v) is 17.6. The second-order valence-corrected chi connectivity index (χ2v) is 15.0. The number of benzene rings is 8. The van der Waals surface area contributed by atoms with Crippen LogP contribution in [-0.2, 0) is 4.57 Å². The molecule has 0 fully saturated rings. The van der Waals surface area contributed by atoms with Crippen LogP contribution in [-0.4, -0.2) is 9.38 Å². The summed E-state index contributed by atoms with van der Waals surface area (Å²) in [7, 11) is -3.47. The quantitative estimate of drug-likeness (QED) is 0.146. The summed E-state index contributed by atoms with van der Waals surface area (Å²) in [6.07, 6.45) is 0. The van der Waals surface area contributed by atoms with Crippen molar-refractivity contribution in [2.75, 3.05) is 0 Å². The van der Waals surface area contributed by atoms with E-state index in [0.29, 0.717) is 0 Å². The lowest BCUT2D eigenvalue weighted by Gasteiger charge is -2.24. The van der Waals surface area contributed by atoms with Crippen LogP contribution in [0.5, 0.6) is 0 Å². The number of aromatic nitrogens is 2. The third-order valence-electron chi connectivity index (χ3n) is 9.77. The molecule has 0 spiro atoms. The van der Waals surface area contributed by atoms with Gasteiger partial charge in [-0.25, -0.2) is 4.98 Å². The minimum absolute atomic E-state index is 0.822. The van der Waals surface area contributed by atoms with Crippen molar-refractivity contribution in [3.05, 3.63) is 164 Å². The van der Waals surface area contributed by atoms with Crippen LogP contribution < -0.4 is 15.9 Å². The molecular formula is C43H27N2OP. The Bertz CT molecular complexity index is 2870. The topological polar surface area (TPSA) is 34.4 Å². The van der Waals surface area contributed by atoms with Crippen molar-refractivity contribution >= 4 is 93.7 Å². The maximum atomic E-state index is 16.6.